The van der Waals surface area contributed by atoms with Crippen LogP contribution < -0.4 is 5.32 Å². The smallest absolute Gasteiger partial charge is 0.325 e. The van der Waals surface area contributed by atoms with Gasteiger partial charge in [-0.2, -0.15) is 13.2 Å². The molecule has 0 spiro atoms. The summed E-state index contributed by atoms with van der Waals surface area (Å²) in [4.78, 5) is 12.1. The van der Waals surface area contributed by atoms with E-state index in [0.29, 0.717) is 23.8 Å². The largest absolute Gasteiger partial charge is 0.417 e. The molecule has 1 saturated heterocycles. The van der Waals surface area contributed by atoms with Crippen LogP contribution in [-0.2, 0) is 34.3 Å². The fourth-order valence-electron chi connectivity index (χ4n) is 3.09. The summed E-state index contributed by atoms with van der Waals surface area (Å²) in [6.07, 6.45) is -3.57. The van der Waals surface area contributed by atoms with Crippen LogP contribution in [0.4, 0.5) is 18.9 Å². The topological polar surface area (TPSA) is 93.9 Å². The number of nitrogens with one attached hydrogen (secondary N) is 1. The Morgan fingerprint density at radius 2 is 2.10 bits per heavy atom. The van der Waals surface area contributed by atoms with Crippen molar-refractivity contribution in [1.29, 1.82) is 0 Å². The quantitative estimate of drug-likeness (QED) is 0.635. The summed E-state index contributed by atoms with van der Waals surface area (Å²) in [5.41, 5.74) is -1.04. The molecular formula is C17H18ClF3N4O3S2. The lowest BCUT2D eigenvalue weighted by atomic mass is 10.1. The van der Waals surface area contributed by atoms with E-state index < -0.39 is 32.5 Å². The van der Waals surface area contributed by atoms with Gasteiger partial charge >= 0.3 is 6.18 Å². The molecule has 7 nitrogen and oxygen atoms in total. The molecule has 0 radical (unpaired) electrons. The average Bonchev–Trinajstić information content (AvgIpc) is 3.16. The molecule has 1 aliphatic heterocycles. The van der Waals surface area contributed by atoms with Crippen LogP contribution in [0.1, 0.15) is 17.8 Å². The number of anilines is 1. The van der Waals surface area contributed by atoms with Gasteiger partial charge in [-0.25, -0.2) is 8.42 Å². The Kier molecular flexibility index (Phi) is 6.68. The van der Waals surface area contributed by atoms with Crippen LogP contribution in [0.2, 0.25) is 5.02 Å². The van der Waals surface area contributed by atoms with E-state index in [4.69, 9.17) is 11.6 Å². The standard InChI is InChI=1S/C17H18ClF3N4O3S2/c1-25-14(6-10-4-5-30(27,28)9-10)23-24-16(25)29-8-15(26)22-11-2-3-13(18)12(7-11)17(19,20)21/h2-3,7,10H,4-6,8-9H2,1H3,(H,22,26). The molecule has 3 rings (SSSR count). The Bertz CT molecular complexity index is 1060. The SMILES string of the molecule is Cn1c(CC2CCS(=O)(=O)C2)nnc1SCC(=O)Nc1ccc(Cl)c(C(F)(F)F)c1. The van der Waals surface area contributed by atoms with E-state index >= 15 is 0 Å². The van der Waals surface area contributed by atoms with Crippen LogP contribution in [0.15, 0.2) is 23.4 Å². The summed E-state index contributed by atoms with van der Waals surface area (Å²) in [7, 11) is -1.27. The van der Waals surface area contributed by atoms with Crippen molar-refractivity contribution < 1.29 is 26.4 Å². The molecular weight excluding hydrogens is 465 g/mol. The lowest BCUT2D eigenvalue weighted by Gasteiger charge is -2.11. The number of amides is 1. The minimum atomic E-state index is -4.62. The third-order valence-corrected chi connectivity index (χ3v) is 7.80. The van der Waals surface area contributed by atoms with Crippen LogP contribution in [0.25, 0.3) is 0 Å². The molecule has 1 atom stereocenters. The van der Waals surface area contributed by atoms with Crippen molar-refractivity contribution in [2.45, 2.75) is 24.2 Å². The molecule has 0 bridgehead atoms. The maximum absolute atomic E-state index is 12.9. The highest BCUT2D eigenvalue weighted by atomic mass is 35.5. The number of halogens is 4. The van der Waals surface area contributed by atoms with Crippen molar-refractivity contribution in [1.82, 2.24) is 14.8 Å². The van der Waals surface area contributed by atoms with Gasteiger partial charge in [0.1, 0.15) is 5.82 Å². The van der Waals surface area contributed by atoms with E-state index in [9.17, 15) is 26.4 Å². The first-order chi connectivity index (χ1) is 13.9. The number of carbonyl (C=O) groups is 1. The van der Waals surface area contributed by atoms with E-state index in [1.807, 2.05) is 0 Å². The van der Waals surface area contributed by atoms with Crippen LogP contribution in [0, 0.1) is 5.92 Å². The van der Waals surface area contributed by atoms with Gasteiger partial charge in [0.15, 0.2) is 15.0 Å². The maximum Gasteiger partial charge on any atom is 0.417 e. The number of benzene rings is 1. The van der Waals surface area contributed by atoms with Crippen molar-refractivity contribution in [2.75, 3.05) is 22.6 Å². The number of hydrogen-bond acceptors (Lipinski definition) is 6. The maximum atomic E-state index is 12.9. The number of alkyl halides is 3. The molecule has 1 aromatic heterocycles. The number of carbonyl (C=O) groups excluding carboxylic acids is 1. The van der Waals surface area contributed by atoms with Gasteiger partial charge in [0.25, 0.3) is 0 Å². The van der Waals surface area contributed by atoms with Crippen molar-refractivity contribution in [3.63, 3.8) is 0 Å². The molecule has 13 heteroatoms. The lowest BCUT2D eigenvalue weighted by molar-refractivity contribution is -0.137. The first-order valence-corrected chi connectivity index (χ1v) is 12.0. The Balaban J connectivity index is 1.57. The Labute approximate surface area is 180 Å². The van der Waals surface area contributed by atoms with Gasteiger partial charge in [0, 0.05) is 19.2 Å². The summed E-state index contributed by atoms with van der Waals surface area (Å²) in [6, 6.07) is 3.14. The summed E-state index contributed by atoms with van der Waals surface area (Å²) in [5, 5.41) is 10.5. The fraction of sp³-hybridized carbons (Fsp3) is 0.471. The van der Waals surface area contributed by atoms with E-state index in [2.05, 4.69) is 15.5 Å². The Hall–Kier alpha value is -1.79. The van der Waals surface area contributed by atoms with E-state index in [1.165, 1.54) is 6.07 Å². The average molecular weight is 483 g/mol. The molecule has 0 saturated carbocycles. The first kappa shape index (κ1) is 22.9. The predicted octanol–water partition coefficient (Wildman–Crippen LogP) is 3.20. The molecule has 2 aromatic rings. The van der Waals surface area contributed by atoms with Gasteiger partial charge in [-0.1, -0.05) is 23.4 Å². The minimum absolute atomic E-state index is 0.00761. The van der Waals surface area contributed by atoms with E-state index in [0.717, 1.165) is 23.9 Å². The second-order valence-corrected chi connectivity index (χ2v) is 10.5. The zero-order valence-corrected chi connectivity index (χ0v) is 18.1. The molecule has 164 valence electrons. The van der Waals surface area contributed by atoms with Gasteiger partial charge in [0.05, 0.1) is 27.8 Å². The zero-order chi connectivity index (χ0) is 22.1. The lowest BCUT2D eigenvalue weighted by Crippen LogP contribution is -2.16. The molecule has 1 fully saturated rings. The van der Waals surface area contributed by atoms with E-state index in [1.54, 1.807) is 11.6 Å². The molecule has 30 heavy (non-hydrogen) atoms. The highest BCUT2D eigenvalue weighted by Gasteiger charge is 2.33. The second kappa shape index (κ2) is 8.75. The van der Waals surface area contributed by atoms with Crippen LogP contribution >= 0.6 is 23.4 Å². The van der Waals surface area contributed by atoms with Gasteiger partial charge in [-0.05, 0) is 30.5 Å². The normalized spacial score (nSPS) is 18.5. The molecule has 1 aliphatic rings. The Morgan fingerprint density at radius 3 is 2.73 bits per heavy atom. The highest BCUT2D eigenvalue weighted by molar-refractivity contribution is 7.99. The number of rotatable bonds is 6. The van der Waals surface area contributed by atoms with Crippen LogP contribution in [0.3, 0.4) is 0 Å². The molecule has 2 heterocycles. The summed E-state index contributed by atoms with van der Waals surface area (Å²) in [6.45, 7) is 0. The summed E-state index contributed by atoms with van der Waals surface area (Å²) >= 11 is 6.64. The summed E-state index contributed by atoms with van der Waals surface area (Å²) in [5.74, 6) is 0.318. The fourth-order valence-corrected chi connectivity index (χ4v) is 5.90. The third-order valence-electron chi connectivity index (χ3n) is 4.61. The highest BCUT2D eigenvalue weighted by Crippen LogP contribution is 2.36. The molecule has 1 amide bonds. The number of sulfone groups is 1. The van der Waals surface area contributed by atoms with Gasteiger partial charge < -0.3 is 9.88 Å². The summed E-state index contributed by atoms with van der Waals surface area (Å²) < 4.78 is 63.6. The van der Waals surface area contributed by atoms with Crippen molar-refractivity contribution in [2.24, 2.45) is 13.0 Å². The zero-order valence-electron chi connectivity index (χ0n) is 15.7. The molecule has 1 unspecified atom stereocenters. The van der Waals surface area contributed by atoms with Gasteiger partial charge in [-0.15, -0.1) is 10.2 Å². The van der Waals surface area contributed by atoms with Crippen molar-refractivity contribution >= 4 is 44.8 Å². The van der Waals surface area contributed by atoms with Gasteiger partial charge in [0.2, 0.25) is 5.91 Å². The molecule has 1 aromatic carbocycles. The monoisotopic (exact) mass is 482 g/mol. The van der Waals surface area contributed by atoms with Crippen LogP contribution in [0.5, 0.6) is 0 Å². The molecule has 0 aliphatic carbocycles. The number of thioether (sulfide) groups is 1. The minimum Gasteiger partial charge on any atom is -0.325 e. The third kappa shape index (κ3) is 5.67. The Morgan fingerprint density at radius 1 is 1.37 bits per heavy atom. The second-order valence-electron chi connectivity index (χ2n) is 6.96. The van der Waals surface area contributed by atoms with Crippen molar-refractivity contribution in [3.8, 4) is 0 Å². The number of aromatic nitrogens is 3. The van der Waals surface area contributed by atoms with E-state index in [-0.39, 0.29) is 28.9 Å². The number of nitrogens with zero attached hydrogens (tertiary/aromatic N) is 3. The van der Waals surface area contributed by atoms with Gasteiger partial charge in [-0.3, -0.25) is 4.79 Å². The molecule has 1 N–H and O–H groups in total. The predicted molar refractivity (Wildman–Crippen MR) is 107 cm³/mol. The van der Waals surface area contributed by atoms with Crippen LogP contribution in [-0.4, -0.2) is 46.3 Å². The number of hydrogen-bond donors (Lipinski definition) is 1. The first-order valence-electron chi connectivity index (χ1n) is 8.83. The van der Waals surface area contributed by atoms with Crippen molar-refractivity contribution in [3.05, 3.63) is 34.6 Å².